The van der Waals surface area contributed by atoms with Gasteiger partial charge >= 0.3 is 5.97 Å². The fraction of sp³-hybridized carbons (Fsp3) is 0.643. The smallest absolute Gasteiger partial charge is 0.324 e. The van der Waals surface area contributed by atoms with Gasteiger partial charge in [0.15, 0.2) is 0 Å². The van der Waals surface area contributed by atoms with Gasteiger partial charge < -0.3 is 9.52 Å². The lowest BCUT2D eigenvalue weighted by atomic mass is 9.94. The first-order valence-corrected chi connectivity index (χ1v) is 6.75. The summed E-state index contributed by atoms with van der Waals surface area (Å²) in [5.74, 6) is 0.216. The molecule has 0 radical (unpaired) electrons. The molecule has 2 saturated carbocycles. The van der Waals surface area contributed by atoms with Gasteiger partial charge in [0.25, 0.3) is 0 Å². The van der Waals surface area contributed by atoms with E-state index in [0.29, 0.717) is 12.6 Å². The van der Waals surface area contributed by atoms with Crippen molar-refractivity contribution in [2.45, 2.75) is 56.7 Å². The van der Waals surface area contributed by atoms with Crippen molar-refractivity contribution >= 4 is 5.97 Å². The summed E-state index contributed by atoms with van der Waals surface area (Å²) in [5, 5.41) is 9.67. The standard InChI is InChI=1S/C14H19NO3/c16-13(17)14(7-1-2-8-14)15(11-5-6-11)10-12-4-3-9-18-12/h3-4,9,11H,1-2,5-8,10H2,(H,16,17). The van der Waals surface area contributed by atoms with E-state index in [1.807, 2.05) is 12.1 Å². The van der Waals surface area contributed by atoms with Crippen LogP contribution in [-0.2, 0) is 11.3 Å². The third-order valence-corrected chi connectivity index (χ3v) is 4.27. The van der Waals surface area contributed by atoms with Crippen molar-refractivity contribution in [3.63, 3.8) is 0 Å². The number of aliphatic carboxylic acids is 1. The fourth-order valence-electron chi connectivity index (χ4n) is 3.17. The molecule has 0 spiro atoms. The number of carboxylic acid groups (broad SMARTS) is 1. The molecule has 2 fully saturated rings. The van der Waals surface area contributed by atoms with Gasteiger partial charge in [0.05, 0.1) is 12.8 Å². The maximum Gasteiger partial charge on any atom is 0.324 e. The molecule has 1 N–H and O–H groups in total. The Hall–Kier alpha value is -1.29. The Kier molecular flexibility index (Phi) is 2.90. The topological polar surface area (TPSA) is 53.7 Å². The number of rotatable bonds is 5. The SMILES string of the molecule is O=C(O)C1(N(Cc2ccco2)C2CC2)CCCC1. The lowest BCUT2D eigenvalue weighted by molar-refractivity contribution is -0.152. The number of carboxylic acids is 1. The molecule has 0 aromatic carbocycles. The molecule has 1 aromatic heterocycles. The molecule has 0 saturated heterocycles. The average molecular weight is 249 g/mol. The average Bonchev–Trinajstić information content (AvgIpc) is 2.88. The van der Waals surface area contributed by atoms with Crippen molar-refractivity contribution in [3.05, 3.63) is 24.2 Å². The zero-order valence-corrected chi connectivity index (χ0v) is 10.5. The second-order valence-corrected chi connectivity index (χ2v) is 5.48. The summed E-state index contributed by atoms with van der Waals surface area (Å²) in [4.78, 5) is 13.9. The van der Waals surface area contributed by atoms with Crippen LogP contribution in [-0.4, -0.2) is 27.6 Å². The van der Waals surface area contributed by atoms with Gasteiger partial charge in [0.2, 0.25) is 0 Å². The van der Waals surface area contributed by atoms with Crippen LogP contribution < -0.4 is 0 Å². The largest absolute Gasteiger partial charge is 0.480 e. The van der Waals surface area contributed by atoms with Gasteiger partial charge in [-0.3, -0.25) is 9.69 Å². The van der Waals surface area contributed by atoms with Crippen LogP contribution in [0.25, 0.3) is 0 Å². The Bertz CT molecular complexity index is 416. The van der Waals surface area contributed by atoms with Crippen molar-refractivity contribution in [2.75, 3.05) is 0 Å². The summed E-state index contributed by atoms with van der Waals surface area (Å²) >= 11 is 0. The molecular formula is C14H19NO3. The first-order chi connectivity index (χ1) is 8.72. The van der Waals surface area contributed by atoms with Crippen molar-refractivity contribution < 1.29 is 14.3 Å². The van der Waals surface area contributed by atoms with Crippen LogP contribution in [0.5, 0.6) is 0 Å². The number of hydrogen-bond acceptors (Lipinski definition) is 3. The summed E-state index contributed by atoms with van der Waals surface area (Å²) in [6, 6.07) is 4.23. The highest BCUT2D eigenvalue weighted by Crippen LogP contribution is 2.43. The molecule has 4 nitrogen and oxygen atoms in total. The Labute approximate surface area is 107 Å². The second kappa shape index (κ2) is 4.43. The van der Waals surface area contributed by atoms with E-state index in [0.717, 1.165) is 44.3 Å². The van der Waals surface area contributed by atoms with Crippen molar-refractivity contribution in [3.8, 4) is 0 Å². The Morgan fingerprint density at radius 3 is 2.67 bits per heavy atom. The lowest BCUT2D eigenvalue weighted by Gasteiger charge is -2.37. The van der Waals surface area contributed by atoms with E-state index in [-0.39, 0.29) is 0 Å². The summed E-state index contributed by atoms with van der Waals surface area (Å²) in [7, 11) is 0. The molecule has 98 valence electrons. The Balaban J connectivity index is 1.85. The van der Waals surface area contributed by atoms with Crippen molar-refractivity contribution in [1.29, 1.82) is 0 Å². The number of hydrogen-bond donors (Lipinski definition) is 1. The summed E-state index contributed by atoms with van der Waals surface area (Å²) in [6.45, 7) is 0.629. The first kappa shape index (κ1) is 11.8. The van der Waals surface area contributed by atoms with Crippen molar-refractivity contribution in [1.82, 2.24) is 4.90 Å². The molecule has 0 amide bonds. The van der Waals surface area contributed by atoms with Crippen molar-refractivity contribution in [2.24, 2.45) is 0 Å². The number of carbonyl (C=O) groups is 1. The third-order valence-electron chi connectivity index (χ3n) is 4.27. The summed E-state index contributed by atoms with van der Waals surface area (Å²) in [6.07, 6.45) is 7.49. The van der Waals surface area contributed by atoms with E-state index < -0.39 is 11.5 Å². The van der Waals surface area contributed by atoms with Crippen LogP contribution >= 0.6 is 0 Å². The van der Waals surface area contributed by atoms with Crippen LogP contribution in [0.2, 0.25) is 0 Å². The molecule has 2 aliphatic carbocycles. The Morgan fingerprint density at radius 1 is 1.44 bits per heavy atom. The normalized spacial score (nSPS) is 22.5. The highest BCUT2D eigenvalue weighted by Gasteiger charge is 2.51. The quantitative estimate of drug-likeness (QED) is 0.871. The van der Waals surface area contributed by atoms with Crippen LogP contribution in [0.3, 0.4) is 0 Å². The molecule has 0 bridgehead atoms. The molecule has 0 atom stereocenters. The van der Waals surface area contributed by atoms with Gasteiger partial charge in [0.1, 0.15) is 11.3 Å². The molecule has 0 aliphatic heterocycles. The molecule has 2 aliphatic rings. The highest BCUT2D eigenvalue weighted by atomic mass is 16.4. The van der Waals surface area contributed by atoms with E-state index in [1.165, 1.54) is 0 Å². The van der Waals surface area contributed by atoms with Gasteiger partial charge in [-0.05, 0) is 37.8 Å². The Morgan fingerprint density at radius 2 is 2.17 bits per heavy atom. The monoisotopic (exact) mass is 249 g/mol. The van der Waals surface area contributed by atoms with E-state index in [4.69, 9.17) is 4.42 Å². The predicted molar refractivity (Wildman–Crippen MR) is 66.1 cm³/mol. The molecule has 0 unspecified atom stereocenters. The lowest BCUT2D eigenvalue weighted by Crippen LogP contribution is -2.53. The zero-order chi connectivity index (χ0) is 12.6. The minimum absolute atomic E-state index is 0.435. The second-order valence-electron chi connectivity index (χ2n) is 5.48. The van der Waals surface area contributed by atoms with Crippen LogP contribution in [0.1, 0.15) is 44.3 Å². The van der Waals surface area contributed by atoms with E-state index in [9.17, 15) is 9.90 Å². The van der Waals surface area contributed by atoms with Gasteiger partial charge in [-0.1, -0.05) is 12.8 Å². The summed E-state index contributed by atoms with van der Waals surface area (Å²) in [5.41, 5.74) is -0.645. The predicted octanol–water partition coefficient (Wildman–Crippen LogP) is 2.64. The highest BCUT2D eigenvalue weighted by molar-refractivity contribution is 5.79. The van der Waals surface area contributed by atoms with Crippen LogP contribution in [0, 0.1) is 0 Å². The minimum Gasteiger partial charge on any atom is -0.480 e. The van der Waals surface area contributed by atoms with Gasteiger partial charge in [-0.25, -0.2) is 0 Å². The number of nitrogens with zero attached hydrogens (tertiary/aromatic N) is 1. The molecule has 3 rings (SSSR count). The zero-order valence-electron chi connectivity index (χ0n) is 10.5. The minimum atomic E-state index is -0.654. The van der Waals surface area contributed by atoms with Crippen LogP contribution in [0.15, 0.2) is 22.8 Å². The molecular weight excluding hydrogens is 230 g/mol. The first-order valence-electron chi connectivity index (χ1n) is 6.75. The van der Waals surface area contributed by atoms with Crippen LogP contribution in [0.4, 0.5) is 0 Å². The third kappa shape index (κ3) is 1.94. The maximum absolute atomic E-state index is 11.8. The maximum atomic E-state index is 11.8. The molecule has 18 heavy (non-hydrogen) atoms. The summed E-state index contributed by atoms with van der Waals surface area (Å²) < 4.78 is 5.39. The molecule has 4 heteroatoms. The van der Waals surface area contributed by atoms with E-state index in [1.54, 1.807) is 6.26 Å². The van der Waals surface area contributed by atoms with Gasteiger partial charge in [-0.15, -0.1) is 0 Å². The van der Waals surface area contributed by atoms with Gasteiger partial charge in [0, 0.05) is 6.04 Å². The fourth-order valence-corrected chi connectivity index (χ4v) is 3.17. The van der Waals surface area contributed by atoms with E-state index in [2.05, 4.69) is 4.90 Å². The van der Waals surface area contributed by atoms with Gasteiger partial charge in [-0.2, -0.15) is 0 Å². The van der Waals surface area contributed by atoms with E-state index >= 15 is 0 Å². The molecule has 1 heterocycles. The molecule has 1 aromatic rings. The number of furan rings is 1.